The van der Waals surface area contributed by atoms with Gasteiger partial charge in [-0.15, -0.1) is 0 Å². The second-order valence-electron chi connectivity index (χ2n) is 7.62. The molecular formula is C29H23FO4. The summed E-state index contributed by atoms with van der Waals surface area (Å²) in [7, 11) is 0. The summed E-state index contributed by atoms with van der Waals surface area (Å²) in [5.74, 6) is -0.568. The molecule has 0 aromatic heterocycles. The van der Waals surface area contributed by atoms with Gasteiger partial charge in [0.15, 0.2) is 5.78 Å². The lowest BCUT2D eigenvalue weighted by atomic mass is 10.1. The number of halogens is 1. The van der Waals surface area contributed by atoms with Gasteiger partial charge in [-0.3, -0.25) is 4.79 Å². The van der Waals surface area contributed by atoms with Crippen LogP contribution < -0.4 is 9.47 Å². The monoisotopic (exact) mass is 454 g/mol. The number of aromatic hydroxyl groups is 1. The zero-order valence-electron chi connectivity index (χ0n) is 18.4. The molecule has 5 heteroatoms. The van der Waals surface area contributed by atoms with Gasteiger partial charge in [0.1, 0.15) is 41.8 Å². The molecule has 0 aliphatic heterocycles. The molecule has 0 unspecified atom stereocenters. The van der Waals surface area contributed by atoms with Gasteiger partial charge >= 0.3 is 0 Å². The molecule has 0 aliphatic carbocycles. The minimum Gasteiger partial charge on any atom is -0.507 e. The van der Waals surface area contributed by atoms with E-state index in [9.17, 15) is 14.3 Å². The SMILES string of the molecule is O=C(C=Cc1cccc(F)c1)c1c(O)cc(OCc2ccccc2)cc1OCc1ccccc1. The zero-order valence-corrected chi connectivity index (χ0v) is 18.4. The molecule has 4 rings (SSSR count). The van der Waals surface area contributed by atoms with Gasteiger partial charge in [0.25, 0.3) is 0 Å². The van der Waals surface area contributed by atoms with Crippen molar-refractivity contribution in [3.05, 3.63) is 131 Å². The van der Waals surface area contributed by atoms with E-state index in [0.29, 0.717) is 17.9 Å². The molecule has 0 bridgehead atoms. The summed E-state index contributed by atoms with van der Waals surface area (Å²) >= 11 is 0. The van der Waals surface area contributed by atoms with Crippen molar-refractivity contribution in [1.29, 1.82) is 0 Å². The van der Waals surface area contributed by atoms with Gasteiger partial charge in [-0.25, -0.2) is 4.39 Å². The van der Waals surface area contributed by atoms with Gasteiger partial charge in [0.05, 0.1) is 0 Å². The first kappa shape index (κ1) is 22.8. The Hall–Kier alpha value is -4.38. The zero-order chi connectivity index (χ0) is 23.8. The topological polar surface area (TPSA) is 55.8 Å². The predicted molar refractivity (Wildman–Crippen MR) is 129 cm³/mol. The maximum Gasteiger partial charge on any atom is 0.193 e. The standard InChI is InChI=1S/C29H23FO4/c30-24-13-7-12-21(16-24)14-15-26(31)29-27(32)17-25(33-19-22-8-3-1-4-9-22)18-28(29)34-20-23-10-5-2-6-11-23/h1-18,32H,19-20H2. The average Bonchev–Trinajstić information content (AvgIpc) is 2.86. The van der Waals surface area contributed by atoms with Gasteiger partial charge in [-0.05, 0) is 34.9 Å². The lowest BCUT2D eigenvalue weighted by molar-refractivity contribution is 0.104. The molecule has 0 atom stereocenters. The molecule has 4 aromatic carbocycles. The molecule has 0 aliphatic rings. The van der Waals surface area contributed by atoms with E-state index in [4.69, 9.17) is 9.47 Å². The van der Waals surface area contributed by atoms with Crippen LogP contribution in [0.3, 0.4) is 0 Å². The summed E-state index contributed by atoms with van der Waals surface area (Å²) in [4.78, 5) is 13.0. The van der Waals surface area contributed by atoms with Crippen LogP contribution in [0.2, 0.25) is 0 Å². The minimum absolute atomic E-state index is 0.00986. The highest BCUT2D eigenvalue weighted by Crippen LogP contribution is 2.35. The van der Waals surface area contributed by atoms with Crippen molar-refractivity contribution in [3.8, 4) is 17.2 Å². The van der Waals surface area contributed by atoms with Crippen LogP contribution in [-0.4, -0.2) is 10.9 Å². The molecule has 170 valence electrons. The highest BCUT2D eigenvalue weighted by molar-refractivity contribution is 6.10. The number of ketones is 1. The van der Waals surface area contributed by atoms with Gasteiger partial charge in [-0.2, -0.15) is 0 Å². The number of rotatable bonds is 9. The van der Waals surface area contributed by atoms with Crippen LogP contribution >= 0.6 is 0 Å². The molecule has 1 N–H and O–H groups in total. The number of allylic oxidation sites excluding steroid dienone is 1. The fraction of sp³-hybridized carbons (Fsp3) is 0.0690. The number of phenols is 1. The van der Waals surface area contributed by atoms with Crippen LogP contribution in [0, 0.1) is 5.82 Å². The molecule has 4 aromatic rings. The molecule has 0 radical (unpaired) electrons. The maximum absolute atomic E-state index is 13.5. The Kier molecular flexibility index (Phi) is 7.35. The summed E-state index contributed by atoms with van der Waals surface area (Å²) in [6.07, 6.45) is 2.77. The van der Waals surface area contributed by atoms with Crippen LogP contribution in [0.4, 0.5) is 4.39 Å². The summed E-state index contributed by atoms with van der Waals surface area (Å²) in [6, 6.07) is 28.0. The average molecular weight is 454 g/mol. The Labute approximate surface area is 197 Å². The van der Waals surface area contributed by atoms with E-state index in [1.165, 1.54) is 30.4 Å². The Morgan fingerprint density at radius 2 is 1.44 bits per heavy atom. The first-order valence-electron chi connectivity index (χ1n) is 10.8. The molecule has 0 spiro atoms. The lowest BCUT2D eigenvalue weighted by Gasteiger charge is -2.14. The first-order chi connectivity index (χ1) is 16.6. The van der Waals surface area contributed by atoms with Crippen LogP contribution in [0.25, 0.3) is 6.08 Å². The summed E-state index contributed by atoms with van der Waals surface area (Å²) in [5.41, 5.74) is 2.41. The molecule has 0 amide bonds. The number of ether oxygens (including phenoxy) is 2. The smallest absolute Gasteiger partial charge is 0.193 e. The van der Waals surface area contributed by atoms with Crippen molar-refractivity contribution >= 4 is 11.9 Å². The van der Waals surface area contributed by atoms with Crippen LogP contribution in [0.1, 0.15) is 27.0 Å². The van der Waals surface area contributed by atoms with Crippen molar-refractivity contribution in [2.45, 2.75) is 13.2 Å². The van der Waals surface area contributed by atoms with E-state index in [0.717, 1.165) is 11.1 Å². The minimum atomic E-state index is -0.473. The Morgan fingerprint density at radius 3 is 2.09 bits per heavy atom. The van der Waals surface area contributed by atoms with E-state index in [1.54, 1.807) is 18.2 Å². The fourth-order valence-electron chi connectivity index (χ4n) is 3.36. The Balaban J connectivity index is 1.60. The van der Waals surface area contributed by atoms with Gasteiger partial charge < -0.3 is 14.6 Å². The molecule has 4 nitrogen and oxygen atoms in total. The number of carbonyl (C=O) groups is 1. The molecule has 0 fully saturated rings. The van der Waals surface area contributed by atoms with E-state index in [2.05, 4.69) is 0 Å². The highest BCUT2D eigenvalue weighted by Gasteiger charge is 2.18. The molecule has 0 saturated carbocycles. The second-order valence-corrected chi connectivity index (χ2v) is 7.62. The van der Waals surface area contributed by atoms with Crippen LogP contribution in [0.5, 0.6) is 17.2 Å². The van der Waals surface area contributed by atoms with E-state index in [-0.39, 0.29) is 23.7 Å². The quantitative estimate of drug-likeness (QED) is 0.229. The van der Waals surface area contributed by atoms with Crippen LogP contribution in [-0.2, 0) is 13.2 Å². The number of hydrogen-bond donors (Lipinski definition) is 1. The lowest BCUT2D eigenvalue weighted by Crippen LogP contribution is -2.04. The second kappa shape index (κ2) is 11.0. The van der Waals surface area contributed by atoms with E-state index in [1.807, 2.05) is 60.7 Å². The third kappa shape index (κ3) is 6.11. The Bertz CT molecular complexity index is 1280. The van der Waals surface area contributed by atoms with Crippen molar-refractivity contribution in [3.63, 3.8) is 0 Å². The van der Waals surface area contributed by atoms with Crippen molar-refractivity contribution in [1.82, 2.24) is 0 Å². The van der Waals surface area contributed by atoms with E-state index < -0.39 is 11.6 Å². The van der Waals surface area contributed by atoms with Gasteiger partial charge in [0, 0.05) is 12.1 Å². The first-order valence-corrected chi connectivity index (χ1v) is 10.8. The third-order valence-corrected chi connectivity index (χ3v) is 5.06. The van der Waals surface area contributed by atoms with Crippen molar-refractivity contribution in [2.75, 3.05) is 0 Å². The number of hydrogen-bond acceptors (Lipinski definition) is 4. The van der Waals surface area contributed by atoms with Crippen molar-refractivity contribution in [2.24, 2.45) is 0 Å². The molecule has 34 heavy (non-hydrogen) atoms. The summed E-state index contributed by atoms with van der Waals surface area (Å²) < 4.78 is 25.2. The predicted octanol–water partition coefficient (Wildman–Crippen LogP) is 6.59. The molecule has 0 heterocycles. The van der Waals surface area contributed by atoms with Gasteiger partial charge in [0.2, 0.25) is 0 Å². The maximum atomic E-state index is 13.5. The summed E-state index contributed by atoms with van der Waals surface area (Å²) in [6.45, 7) is 0.501. The highest BCUT2D eigenvalue weighted by atomic mass is 19.1. The number of carbonyl (C=O) groups excluding carboxylic acids is 1. The summed E-state index contributed by atoms with van der Waals surface area (Å²) in [5, 5.41) is 10.7. The fourth-order valence-corrected chi connectivity index (χ4v) is 3.36. The van der Waals surface area contributed by atoms with Gasteiger partial charge in [-0.1, -0.05) is 78.9 Å². The Morgan fingerprint density at radius 1 is 0.794 bits per heavy atom. The normalized spacial score (nSPS) is 10.9. The number of phenolic OH excluding ortho intramolecular Hbond substituents is 1. The third-order valence-electron chi connectivity index (χ3n) is 5.06. The van der Waals surface area contributed by atoms with Crippen molar-refractivity contribution < 1.29 is 23.8 Å². The van der Waals surface area contributed by atoms with E-state index >= 15 is 0 Å². The molecule has 0 saturated heterocycles. The molecular weight excluding hydrogens is 431 g/mol. The van der Waals surface area contributed by atoms with Crippen LogP contribution in [0.15, 0.2) is 103 Å². The number of benzene rings is 4. The largest absolute Gasteiger partial charge is 0.507 e.